The molecule has 0 spiro atoms. The number of Topliss-reactive ketones (excluding diaryl/α,β-unsaturated/α-hetero) is 1. The van der Waals surface area contributed by atoms with Crippen molar-refractivity contribution in [2.75, 3.05) is 0 Å². The zero-order valence-corrected chi connectivity index (χ0v) is 8.46. The first-order valence-electron chi connectivity index (χ1n) is 4.13. The molecule has 0 aliphatic carbocycles. The third kappa shape index (κ3) is 6.28. The topological polar surface area (TPSA) is 63.6 Å². The van der Waals surface area contributed by atoms with Crippen LogP contribution in [-0.2, 0) is 14.3 Å². The molecule has 0 aliphatic rings. The Morgan fingerprint density at radius 1 is 1.38 bits per heavy atom. The standard InChI is InChI=1S/C9H16O4/c1-6(10)7(11)5-8(12)13-9(2,3)4/h7,11H,5H2,1-4H3/t7-/m1/s1. The molecule has 0 fully saturated rings. The maximum atomic E-state index is 11.0. The van der Waals surface area contributed by atoms with Crippen molar-refractivity contribution in [3.63, 3.8) is 0 Å². The molecule has 76 valence electrons. The van der Waals surface area contributed by atoms with Gasteiger partial charge >= 0.3 is 5.97 Å². The van der Waals surface area contributed by atoms with E-state index in [1.807, 2.05) is 0 Å². The van der Waals surface area contributed by atoms with Gasteiger partial charge in [0.15, 0.2) is 5.78 Å². The molecule has 0 aromatic carbocycles. The highest BCUT2D eigenvalue weighted by molar-refractivity contribution is 5.85. The fourth-order valence-electron chi connectivity index (χ4n) is 0.685. The SMILES string of the molecule is CC(=O)[C@H](O)CC(=O)OC(C)(C)C. The van der Waals surface area contributed by atoms with Crippen LogP contribution in [0.25, 0.3) is 0 Å². The van der Waals surface area contributed by atoms with Crippen molar-refractivity contribution in [2.24, 2.45) is 0 Å². The van der Waals surface area contributed by atoms with Crippen LogP contribution in [-0.4, -0.2) is 28.6 Å². The summed E-state index contributed by atoms with van der Waals surface area (Å²) in [6.07, 6.45) is -1.51. The highest BCUT2D eigenvalue weighted by Crippen LogP contribution is 2.09. The summed E-state index contributed by atoms with van der Waals surface area (Å²) in [7, 11) is 0. The van der Waals surface area contributed by atoms with Crippen LogP contribution in [0.4, 0.5) is 0 Å². The highest BCUT2D eigenvalue weighted by Gasteiger charge is 2.21. The van der Waals surface area contributed by atoms with Crippen LogP contribution in [0.5, 0.6) is 0 Å². The zero-order chi connectivity index (χ0) is 10.6. The smallest absolute Gasteiger partial charge is 0.309 e. The molecule has 0 amide bonds. The van der Waals surface area contributed by atoms with Crippen LogP contribution in [0.1, 0.15) is 34.1 Å². The van der Waals surface area contributed by atoms with Gasteiger partial charge in [0.2, 0.25) is 0 Å². The number of carbonyl (C=O) groups excluding carboxylic acids is 2. The van der Waals surface area contributed by atoms with E-state index in [1.54, 1.807) is 20.8 Å². The van der Waals surface area contributed by atoms with Gasteiger partial charge in [-0.15, -0.1) is 0 Å². The van der Waals surface area contributed by atoms with Gasteiger partial charge < -0.3 is 9.84 Å². The normalized spacial score (nSPS) is 13.6. The number of rotatable bonds is 3. The van der Waals surface area contributed by atoms with Crippen LogP contribution >= 0.6 is 0 Å². The summed E-state index contributed by atoms with van der Waals surface area (Å²) in [6.45, 7) is 6.41. The first kappa shape index (κ1) is 12.1. The molecule has 0 heterocycles. The summed E-state index contributed by atoms with van der Waals surface area (Å²) in [6, 6.07) is 0. The number of hydrogen-bond acceptors (Lipinski definition) is 4. The minimum Gasteiger partial charge on any atom is -0.460 e. The van der Waals surface area contributed by atoms with Gasteiger partial charge in [0.05, 0.1) is 6.42 Å². The molecule has 0 rings (SSSR count). The number of ether oxygens (including phenoxy) is 1. The van der Waals surface area contributed by atoms with Crippen LogP contribution in [0.15, 0.2) is 0 Å². The minimum atomic E-state index is -1.24. The quantitative estimate of drug-likeness (QED) is 0.661. The van der Waals surface area contributed by atoms with Crippen molar-refractivity contribution >= 4 is 11.8 Å². The fraction of sp³-hybridized carbons (Fsp3) is 0.778. The number of aliphatic hydroxyl groups is 1. The number of aliphatic hydroxyl groups excluding tert-OH is 1. The predicted molar refractivity (Wildman–Crippen MR) is 47.1 cm³/mol. The lowest BCUT2D eigenvalue weighted by Crippen LogP contribution is -2.28. The summed E-state index contributed by atoms with van der Waals surface area (Å²) < 4.78 is 4.91. The molecule has 0 radical (unpaired) electrons. The fourth-order valence-corrected chi connectivity index (χ4v) is 0.685. The Morgan fingerprint density at radius 3 is 2.15 bits per heavy atom. The number of ketones is 1. The molecular formula is C9H16O4. The molecule has 0 saturated carbocycles. The Balaban J connectivity index is 3.96. The van der Waals surface area contributed by atoms with E-state index in [2.05, 4.69) is 0 Å². The third-order valence-electron chi connectivity index (χ3n) is 1.25. The Bertz CT molecular complexity index is 202. The summed E-state index contributed by atoms with van der Waals surface area (Å²) in [5.74, 6) is -0.985. The number of hydrogen-bond donors (Lipinski definition) is 1. The number of esters is 1. The average molecular weight is 188 g/mol. The summed E-state index contributed by atoms with van der Waals surface area (Å²) in [5.41, 5.74) is -0.576. The molecule has 0 aromatic rings. The van der Waals surface area contributed by atoms with Crippen molar-refractivity contribution < 1.29 is 19.4 Å². The van der Waals surface area contributed by atoms with Crippen LogP contribution in [0.2, 0.25) is 0 Å². The second kappa shape index (κ2) is 4.37. The molecule has 1 atom stereocenters. The first-order valence-corrected chi connectivity index (χ1v) is 4.13. The van der Waals surface area contributed by atoms with Crippen molar-refractivity contribution in [2.45, 2.75) is 45.8 Å². The zero-order valence-electron chi connectivity index (χ0n) is 8.46. The lowest BCUT2D eigenvalue weighted by Gasteiger charge is -2.20. The molecule has 4 heteroatoms. The van der Waals surface area contributed by atoms with Gasteiger partial charge in [0.1, 0.15) is 11.7 Å². The molecule has 0 aliphatic heterocycles. The molecule has 13 heavy (non-hydrogen) atoms. The van der Waals surface area contributed by atoms with E-state index in [-0.39, 0.29) is 6.42 Å². The van der Waals surface area contributed by atoms with Crippen molar-refractivity contribution in [1.29, 1.82) is 0 Å². The molecule has 4 nitrogen and oxygen atoms in total. The first-order chi connectivity index (χ1) is 5.72. The molecule has 0 aromatic heterocycles. The van der Waals surface area contributed by atoms with Crippen LogP contribution in [0.3, 0.4) is 0 Å². The molecule has 0 saturated heterocycles. The van der Waals surface area contributed by atoms with Crippen LogP contribution < -0.4 is 0 Å². The van der Waals surface area contributed by atoms with E-state index in [1.165, 1.54) is 6.92 Å². The van der Waals surface area contributed by atoms with E-state index < -0.39 is 23.5 Å². The second-order valence-electron chi connectivity index (χ2n) is 3.92. The van der Waals surface area contributed by atoms with Crippen molar-refractivity contribution in [1.82, 2.24) is 0 Å². The Kier molecular flexibility index (Phi) is 4.07. The average Bonchev–Trinajstić information content (AvgIpc) is 1.81. The molecular weight excluding hydrogens is 172 g/mol. The van der Waals surface area contributed by atoms with Gasteiger partial charge in [0, 0.05) is 0 Å². The maximum absolute atomic E-state index is 11.0. The summed E-state index contributed by atoms with van der Waals surface area (Å²) in [5, 5.41) is 9.04. The van der Waals surface area contributed by atoms with Gasteiger partial charge in [-0.3, -0.25) is 9.59 Å². The van der Waals surface area contributed by atoms with Gasteiger partial charge in [-0.25, -0.2) is 0 Å². The van der Waals surface area contributed by atoms with E-state index in [0.29, 0.717) is 0 Å². The van der Waals surface area contributed by atoms with Crippen molar-refractivity contribution in [3.05, 3.63) is 0 Å². The van der Waals surface area contributed by atoms with E-state index >= 15 is 0 Å². The van der Waals surface area contributed by atoms with Gasteiger partial charge in [0.25, 0.3) is 0 Å². The Hall–Kier alpha value is -0.900. The second-order valence-corrected chi connectivity index (χ2v) is 3.92. The van der Waals surface area contributed by atoms with E-state index in [4.69, 9.17) is 9.84 Å². The van der Waals surface area contributed by atoms with E-state index in [9.17, 15) is 9.59 Å². The van der Waals surface area contributed by atoms with Gasteiger partial charge in [-0.1, -0.05) is 0 Å². The third-order valence-corrected chi connectivity index (χ3v) is 1.25. The van der Waals surface area contributed by atoms with E-state index in [0.717, 1.165) is 0 Å². The summed E-state index contributed by atoms with van der Waals surface area (Å²) >= 11 is 0. The predicted octanol–water partition coefficient (Wildman–Crippen LogP) is 0.668. The largest absolute Gasteiger partial charge is 0.460 e. The molecule has 0 unspecified atom stereocenters. The number of carbonyl (C=O) groups is 2. The van der Waals surface area contributed by atoms with Crippen molar-refractivity contribution in [3.8, 4) is 0 Å². The lowest BCUT2D eigenvalue weighted by atomic mass is 10.1. The Labute approximate surface area is 77.9 Å². The van der Waals surface area contributed by atoms with Crippen LogP contribution in [0, 0.1) is 0 Å². The monoisotopic (exact) mass is 188 g/mol. The molecule has 1 N–H and O–H groups in total. The minimum absolute atomic E-state index is 0.271. The lowest BCUT2D eigenvalue weighted by molar-refractivity contribution is -0.158. The Morgan fingerprint density at radius 2 is 1.85 bits per heavy atom. The van der Waals surface area contributed by atoms with Gasteiger partial charge in [-0.2, -0.15) is 0 Å². The summed E-state index contributed by atoms with van der Waals surface area (Å²) in [4.78, 5) is 21.6. The molecule has 0 bridgehead atoms. The maximum Gasteiger partial charge on any atom is 0.309 e. The highest BCUT2D eigenvalue weighted by atomic mass is 16.6. The van der Waals surface area contributed by atoms with Gasteiger partial charge in [-0.05, 0) is 27.7 Å².